The molecule has 0 saturated carbocycles. The van der Waals surface area contributed by atoms with Crippen molar-refractivity contribution >= 4 is 39.6 Å². The van der Waals surface area contributed by atoms with Crippen LogP contribution in [0, 0.1) is 0 Å². The van der Waals surface area contributed by atoms with E-state index in [0.717, 1.165) is 53.9 Å². The first-order chi connectivity index (χ1) is 19.2. The van der Waals surface area contributed by atoms with Gasteiger partial charge in [0.05, 0.1) is 29.8 Å². The number of nitrogens with zero attached hydrogens (tertiary/aromatic N) is 4. The van der Waals surface area contributed by atoms with Crippen LogP contribution >= 0.6 is 0 Å². The summed E-state index contributed by atoms with van der Waals surface area (Å²) in [6, 6.07) is 11.7. The average Bonchev–Trinajstić information content (AvgIpc) is 3.56. The largest absolute Gasteiger partial charge is 0.444 e. The van der Waals surface area contributed by atoms with E-state index < -0.39 is 5.60 Å². The number of H-pyrrole nitrogens is 2. The SMILES string of the molecule is CC(C)(C)OC(=O)N1CCC(NC(=O)c2ccc3[nH]nc(-c4nc5ccc(N6CCOCC6)cc5[nH]4)c3c2)CC1. The molecule has 11 heteroatoms. The van der Waals surface area contributed by atoms with E-state index in [2.05, 4.69) is 37.5 Å². The molecule has 2 saturated heterocycles. The second-order valence-electron chi connectivity index (χ2n) is 11.4. The Morgan fingerprint density at radius 2 is 1.80 bits per heavy atom. The maximum absolute atomic E-state index is 13.2. The van der Waals surface area contributed by atoms with E-state index in [1.807, 2.05) is 39.0 Å². The normalized spacial score (nSPS) is 17.0. The number of rotatable bonds is 4. The van der Waals surface area contributed by atoms with Gasteiger partial charge in [0.1, 0.15) is 11.3 Å². The van der Waals surface area contributed by atoms with E-state index in [9.17, 15) is 9.59 Å². The fourth-order valence-electron chi connectivity index (χ4n) is 5.27. The molecule has 2 fully saturated rings. The number of carbonyl (C=O) groups is 2. The molecule has 6 rings (SSSR count). The predicted molar refractivity (Wildman–Crippen MR) is 153 cm³/mol. The Balaban J connectivity index is 1.16. The minimum Gasteiger partial charge on any atom is -0.444 e. The number of carbonyl (C=O) groups excluding carboxylic acids is 2. The van der Waals surface area contributed by atoms with Crippen LogP contribution in [0.5, 0.6) is 0 Å². The molecule has 2 aliphatic rings. The molecule has 2 aromatic carbocycles. The van der Waals surface area contributed by atoms with Gasteiger partial charge in [-0.15, -0.1) is 0 Å². The Morgan fingerprint density at radius 1 is 1.02 bits per heavy atom. The van der Waals surface area contributed by atoms with Crippen LogP contribution in [0.2, 0.25) is 0 Å². The van der Waals surface area contributed by atoms with Gasteiger partial charge in [0.25, 0.3) is 5.91 Å². The second kappa shape index (κ2) is 10.5. The van der Waals surface area contributed by atoms with Gasteiger partial charge >= 0.3 is 6.09 Å². The number of nitrogens with one attached hydrogen (secondary N) is 3. The lowest BCUT2D eigenvalue weighted by molar-refractivity contribution is 0.0199. The van der Waals surface area contributed by atoms with E-state index in [0.29, 0.717) is 43.0 Å². The van der Waals surface area contributed by atoms with Crippen molar-refractivity contribution < 1.29 is 19.1 Å². The number of piperidine rings is 1. The van der Waals surface area contributed by atoms with Crippen LogP contribution in [-0.4, -0.2) is 88.1 Å². The summed E-state index contributed by atoms with van der Waals surface area (Å²) in [4.78, 5) is 37.7. The lowest BCUT2D eigenvalue weighted by Gasteiger charge is -2.33. The molecule has 0 spiro atoms. The Labute approximate surface area is 232 Å². The maximum Gasteiger partial charge on any atom is 0.410 e. The third-order valence-electron chi connectivity index (χ3n) is 7.37. The van der Waals surface area contributed by atoms with Crippen molar-refractivity contribution in [3.8, 4) is 11.5 Å². The van der Waals surface area contributed by atoms with Crippen LogP contribution in [-0.2, 0) is 9.47 Å². The fraction of sp³-hybridized carbons (Fsp3) is 0.448. The van der Waals surface area contributed by atoms with Crippen LogP contribution in [0.4, 0.5) is 10.5 Å². The van der Waals surface area contributed by atoms with E-state index >= 15 is 0 Å². The maximum atomic E-state index is 13.2. The van der Waals surface area contributed by atoms with Crippen LogP contribution in [0.3, 0.4) is 0 Å². The van der Waals surface area contributed by atoms with Crippen molar-refractivity contribution in [2.24, 2.45) is 0 Å². The van der Waals surface area contributed by atoms with Crippen molar-refractivity contribution in [2.75, 3.05) is 44.3 Å². The summed E-state index contributed by atoms with van der Waals surface area (Å²) in [6.07, 6.45) is 1.05. The molecule has 0 radical (unpaired) electrons. The fourth-order valence-corrected chi connectivity index (χ4v) is 5.27. The lowest BCUT2D eigenvalue weighted by Crippen LogP contribution is -2.47. The number of aromatic nitrogens is 4. The molecule has 210 valence electrons. The highest BCUT2D eigenvalue weighted by atomic mass is 16.6. The third-order valence-corrected chi connectivity index (χ3v) is 7.37. The van der Waals surface area contributed by atoms with Gasteiger partial charge in [-0.3, -0.25) is 9.89 Å². The summed E-state index contributed by atoms with van der Waals surface area (Å²) >= 11 is 0. The minimum atomic E-state index is -0.527. The topological polar surface area (TPSA) is 128 Å². The van der Waals surface area contributed by atoms with E-state index in [-0.39, 0.29) is 18.0 Å². The summed E-state index contributed by atoms with van der Waals surface area (Å²) < 4.78 is 11.0. The lowest BCUT2D eigenvalue weighted by atomic mass is 10.0. The van der Waals surface area contributed by atoms with Crippen LogP contribution in [0.1, 0.15) is 44.0 Å². The zero-order chi connectivity index (χ0) is 27.9. The number of anilines is 1. The monoisotopic (exact) mass is 545 g/mol. The van der Waals surface area contributed by atoms with Crippen LogP contribution in [0.15, 0.2) is 36.4 Å². The van der Waals surface area contributed by atoms with E-state index in [1.165, 1.54) is 0 Å². The quantitative estimate of drug-likeness (QED) is 0.353. The highest BCUT2D eigenvalue weighted by molar-refractivity contribution is 6.01. The number of ether oxygens (including phenoxy) is 2. The molecular formula is C29H35N7O4. The molecule has 0 unspecified atom stereocenters. The Hall–Kier alpha value is -4.12. The van der Waals surface area contributed by atoms with Gasteiger partial charge in [-0.1, -0.05) is 0 Å². The van der Waals surface area contributed by atoms with Gasteiger partial charge in [0, 0.05) is 48.9 Å². The van der Waals surface area contributed by atoms with E-state index in [4.69, 9.17) is 14.5 Å². The zero-order valence-electron chi connectivity index (χ0n) is 23.1. The molecule has 3 N–H and O–H groups in total. The molecule has 4 heterocycles. The Morgan fingerprint density at radius 3 is 2.55 bits per heavy atom. The molecule has 2 amide bonds. The minimum absolute atomic E-state index is 0.0123. The summed E-state index contributed by atoms with van der Waals surface area (Å²) in [5.74, 6) is 0.497. The molecule has 11 nitrogen and oxygen atoms in total. The number of imidazole rings is 1. The molecule has 0 atom stereocenters. The smallest absolute Gasteiger partial charge is 0.410 e. The molecule has 4 aromatic rings. The summed E-state index contributed by atoms with van der Waals surface area (Å²) in [7, 11) is 0. The van der Waals surface area contributed by atoms with Crippen molar-refractivity contribution in [1.82, 2.24) is 30.4 Å². The first-order valence-electron chi connectivity index (χ1n) is 13.8. The Bertz CT molecular complexity index is 1540. The number of hydrogen-bond donors (Lipinski definition) is 3. The summed E-state index contributed by atoms with van der Waals surface area (Å²) in [5, 5.41) is 11.5. The molecule has 0 bridgehead atoms. The third kappa shape index (κ3) is 5.46. The number of benzene rings is 2. The Kier molecular flexibility index (Phi) is 6.83. The molecule has 2 aliphatic heterocycles. The highest BCUT2D eigenvalue weighted by Crippen LogP contribution is 2.29. The molecular weight excluding hydrogens is 510 g/mol. The van der Waals surface area contributed by atoms with Crippen molar-refractivity contribution in [1.29, 1.82) is 0 Å². The number of amides is 2. The number of fused-ring (bicyclic) bond motifs is 2. The zero-order valence-corrected chi connectivity index (χ0v) is 23.1. The van der Waals surface area contributed by atoms with Crippen molar-refractivity contribution in [3.05, 3.63) is 42.0 Å². The van der Waals surface area contributed by atoms with Gasteiger partial charge in [-0.05, 0) is 70.0 Å². The van der Waals surface area contributed by atoms with Crippen molar-refractivity contribution in [3.63, 3.8) is 0 Å². The predicted octanol–water partition coefficient (Wildman–Crippen LogP) is 4.07. The molecule has 40 heavy (non-hydrogen) atoms. The molecule has 0 aliphatic carbocycles. The first kappa shape index (κ1) is 26.1. The van der Waals surface area contributed by atoms with E-state index in [1.54, 1.807) is 11.0 Å². The molecule has 2 aromatic heterocycles. The van der Waals surface area contributed by atoms with Gasteiger partial charge in [0.15, 0.2) is 5.82 Å². The number of morpholine rings is 1. The van der Waals surface area contributed by atoms with Crippen LogP contribution in [0.25, 0.3) is 33.5 Å². The van der Waals surface area contributed by atoms with Crippen LogP contribution < -0.4 is 10.2 Å². The number of likely N-dealkylation sites (tertiary alicyclic amines) is 1. The number of hydrogen-bond acceptors (Lipinski definition) is 7. The van der Waals surface area contributed by atoms with Gasteiger partial charge in [0.2, 0.25) is 0 Å². The summed E-state index contributed by atoms with van der Waals surface area (Å²) in [5.41, 5.74) is 4.44. The van der Waals surface area contributed by atoms with Crippen molar-refractivity contribution in [2.45, 2.75) is 45.3 Å². The highest BCUT2D eigenvalue weighted by Gasteiger charge is 2.28. The standard InChI is InChI=1S/C29H35N7O4/c1-29(2,3)40-28(38)36-10-8-19(9-11-36)30-27(37)18-4-6-22-21(16-18)25(34-33-22)26-31-23-7-5-20(17-24(23)32-26)35-12-14-39-15-13-35/h4-7,16-17,19H,8-15H2,1-3H3,(H,30,37)(H,31,32)(H,33,34). The number of aromatic amines is 2. The average molecular weight is 546 g/mol. The second-order valence-corrected chi connectivity index (χ2v) is 11.4. The van der Waals surface area contributed by atoms with Gasteiger partial charge < -0.3 is 29.6 Å². The first-order valence-corrected chi connectivity index (χ1v) is 13.8. The van der Waals surface area contributed by atoms with Gasteiger partial charge in [-0.2, -0.15) is 5.10 Å². The van der Waals surface area contributed by atoms with Gasteiger partial charge in [-0.25, -0.2) is 9.78 Å². The summed E-state index contributed by atoms with van der Waals surface area (Å²) in [6.45, 7) is 9.85.